The summed E-state index contributed by atoms with van der Waals surface area (Å²) in [6.07, 6.45) is 0. The molecule has 0 radical (unpaired) electrons. The maximum atomic E-state index is 13.0. The third kappa shape index (κ3) is 4.19. The molecule has 1 heterocycles. The minimum absolute atomic E-state index is 0.105. The Morgan fingerprint density at radius 2 is 1.83 bits per heavy atom. The summed E-state index contributed by atoms with van der Waals surface area (Å²) in [6.45, 7) is 1.31. The topological polar surface area (TPSA) is 113 Å². The SMILES string of the molecule is CCOC(=O)Cn1c(=O)n(Cc2ccc([N+](=O)[O-])cc2)c(=O)c2cc(Cl)ccc21. The molecule has 0 unspecified atom stereocenters. The largest absolute Gasteiger partial charge is 0.465 e. The second kappa shape index (κ2) is 8.27. The molecular weight excluding hydrogens is 402 g/mol. The highest BCUT2D eigenvalue weighted by Crippen LogP contribution is 2.16. The third-order valence-electron chi connectivity index (χ3n) is 4.27. The molecule has 0 bridgehead atoms. The first-order chi connectivity index (χ1) is 13.8. The predicted octanol–water partition coefficient (Wildman–Crippen LogP) is 2.34. The van der Waals surface area contributed by atoms with Gasteiger partial charge in [0.05, 0.1) is 29.0 Å². The average molecular weight is 418 g/mol. The number of hydrogen-bond donors (Lipinski definition) is 0. The molecule has 0 saturated carbocycles. The molecule has 0 atom stereocenters. The van der Waals surface area contributed by atoms with Crippen LogP contribution in [0.3, 0.4) is 0 Å². The number of nitrogens with zero attached hydrogens (tertiary/aromatic N) is 3. The second-order valence-corrected chi connectivity index (χ2v) is 6.59. The van der Waals surface area contributed by atoms with E-state index in [1.54, 1.807) is 6.92 Å². The number of non-ortho nitro benzene ring substituents is 1. The normalized spacial score (nSPS) is 10.8. The molecule has 1 aromatic heterocycles. The Morgan fingerprint density at radius 3 is 2.45 bits per heavy atom. The Kier molecular flexibility index (Phi) is 5.79. The van der Waals surface area contributed by atoms with Gasteiger partial charge >= 0.3 is 11.7 Å². The smallest absolute Gasteiger partial charge is 0.332 e. The van der Waals surface area contributed by atoms with E-state index in [1.807, 2.05) is 0 Å². The molecule has 0 aliphatic heterocycles. The van der Waals surface area contributed by atoms with Crippen molar-refractivity contribution in [2.24, 2.45) is 0 Å². The van der Waals surface area contributed by atoms with Crippen molar-refractivity contribution in [2.75, 3.05) is 6.61 Å². The first-order valence-electron chi connectivity index (χ1n) is 8.63. The molecule has 10 heteroatoms. The fraction of sp³-hybridized carbons (Fsp3) is 0.211. The summed E-state index contributed by atoms with van der Waals surface area (Å²) in [7, 11) is 0. The zero-order valence-corrected chi connectivity index (χ0v) is 16.1. The van der Waals surface area contributed by atoms with Gasteiger partial charge in [0.2, 0.25) is 0 Å². The number of aromatic nitrogens is 2. The van der Waals surface area contributed by atoms with Gasteiger partial charge in [-0.15, -0.1) is 0 Å². The monoisotopic (exact) mass is 417 g/mol. The lowest BCUT2D eigenvalue weighted by molar-refractivity contribution is -0.384. The summed E-state index contributed by atoms with van der Waals surface area (Å²) >= 11 is 6.01. The molecule has 0 spiro atoms. The maximum absolute atomic E-state index is 13.0. The predicted molar refractivity (Wildman–Crippen MR) is 106 cm³/mol. The van der Waals surface area contributed by atoms with E-state index >= 15 is 0 Å². The number of carbonyl (C=O) groups excluding carboxylic acids is 1. The van der Waals surface area contributed by atoms with Crippen LogP contribution in [0.25, 0.3) is 10.9 Å². The number of ether oxygens (including phenoxy) is 1. The van der Waals surface area contributed by atoms with E-state index in [2.05, 4.69) is 0 Å². The molecule has 0 aliphatic rings. The Bertz CT molecular complexity index is 1210. The molecule has 2 aromatic carbocycles. The van der Waals surface area contributed by atoms with Gasteiger partial charge in [-0.25, -0.2) is 4.79 Å². The first-order valence-corrected chi connectivity index (χ1v) is 9.01. The zero-order chi connectivity index (χ0) is 21.1. The van der Waals surface area contributed by atoms with Gasteiger partial charge < -0.3 is 4.74 Å². The van der Waals surface area contributed by atoms with Crippen LogP contribution in [0.15, 0.2) is 52.1 Å². The summed E-state index contributed by atoms with van der Waals surface area (Å²) in [6, 6.07) is 9.93. The van der Waals surface area contributed by atoms with Crippen LogP contribution >= 0.6 is 11.6 Å². The van der Waals surface area contributed by atoms with Crippen LogP contribution in [0.1, 0.15) is 12.5 Å². The molecule has 0 N–H and O–H groups in total. The van der Waals surface area contributed by atoms with Gasteiger partial charge in [0.15, 0.2) is 0 Å². The molecule has 3 aromatic rings. The minimum atomic E-state index is -0.698. The summed E-state index contributed by atoms with van der Waals surface area (Å²) in [5, 5.41) is 11.3. The highest BCUT2D eigenvalue weighted by molar-refractivity contribution is 6.31. The number of halogens is 1. The van der Waals surface area contributed by atoms with E-state index in [1.165, 1.54) is 42.5 Å². The fourth-order valence-electron chi connectivity index (χ4n) is 2.93. The summed E-state index contributed by atoms with van der Waals surface area (Å²) in [5.41, 5.74) is -0.607. The van der Waals surface area contributed by atoms with Crippen LogP contribution < -0.4 is 11.2 Å². The summed E-state index contributed by atoms with van der Waals surface area (Å²) in [4.78, 5) is 48.1. The van der Waals surface area contributed by atoms with Crippen molar-refractivity contribution in [1.82, 2.24) is 9.13 Å². The van der Waals surface area contributed by atoms with Gasteiger partial charge in [-0.3, -0.25) is 28.8 Å². The van der Waals surface area contributed by atoms with Gasteiger partial charge in [0, 0.05) is 17.2 Å². The van der Waals surface area contributed by atoms with Crippen molar-refractivity contribution >= 4 is 34.2 Å². The van der Waals surface area contributed by atoms with Crippen LogP contribution in [0.5, 0.6) is 0 Å². The van der Waals surface area contributed by atoms with Crippen LogP contribution in [-0.4, -0.2) is 26.6 Å². The molecule has 29 heavy (non-hydrogen) atoms. The van der Waals surface area contributed by atoms with Gasteiger partial charge in [0.25, 0.3) is 11.2 Å². The highest BCUT2D eigenvalue weighted by Gasteiger charge is 2.17. The van der Waals surface area contributed by atoms with Crippen LogP contribution in [0, 0.1) is 10.1 Å². The first kappa shape index (κ1) is 20.3. The van der Waals surface area contributed by atoms with Crippen molar-refractivity contribution in [1.29, 1.82) is 0 Å². The molecule has 0 aliphatic carbocycles. The molecule has 3 rings (SSSR count). The number of benzene rings is 2. The lowest BCUT2D eigenvalue weighted by Crippen LogP contribution is -2.41. The van der Waals surface area contributed by atoms with E-state index in [9.17, 15) is 24.5 Å². The van der Waals surface area contributed by atoms with Crippen LogP contribution in [0.4, 0.5) is 5.69 Å². The Hall–Kier alpha value is -3.46. The quantitative estimate of drug-likeness (QED) is 0.345. The molecule has 0 saturated heterocycles. The van der Waals surface area contributed by atoms with E-state index in [0.717, 1.165) is 9.13 Å². The Balaban J connectivity index is 2.15. The molecule has 150 valence electrons. The van der Waals surface area contributed by atoms with Crippen molar-refractivity contribution in [3.05, 3.63) is 84.0 Å². The van der Waals surface area contributed by atoms with Crippen molar-refractivity contribution in [2.45, 2.75) is 20.0 Å². The number of hydrogen-bond acceptors (Lipinski definition) is 6. The van der Waals surface area contributed by atoms with E-state index in [-0.39, 0.29) is 36.3 Å². The van der Waals surface area contributed by atoms with E-state index < -0.39 is 22.1 Å². The van der Waals surface area contributed by atoms with Crippen LogP contribution in [0.2, 0.25) is 5.02 Å². The Morgan fingerprint density at radius 1 is 1.14 bits per heavy atom. The van der Waals surface area contributed by atoms with Crippen molar-refractivity contribution < 1.29 is 14.5 Å². The molecule has 9 nitrogen and oxygen atoms in total. The van der Waals surface area contributed by atoms with E-state index in [0.29, 0.717) is 10.6 Å². The summed E-state index contributed by atoms with van der Waals surface area (Å²) < 4.78 is 7.03. The second-order valence-electron chi connectivity index (χ2n) is 6.15. The van der Waals surface area contributed by atoms with Crippen molar-refractivity contribution in [3.8, 4) is 0 Å². The van der Waals surface area contributed by atoms with Gasteiger partial charge in [-0.05, 0) is 30.7 Å². The number of carbonyl (C=O) groups is 1. The van der Waals surface area contributed by atoms with Crippen LogP contribution in [-0.2, 0) is 22.6 Å². The molecule has 0 amide bonds. The molecular formula is C19H16ClN3O6. The average Bonchev–Trinajstić information content (AvgIpc) is 2.69. The maximum Gasteiger partial charge on any atom is 0.332 e. The number of rotatable bonds is 6. The number of fused-ring (bicyclic) bond motifs is 1. The summed E-state index contributed by atoms with van der Waals surface area (Å²) in [5.74, 6) is -0.619. The molecule has 0 fully saturated rings. The Labute approximate surface area is 168 Å². The van der Waals surface area contributed by atoms with E-state index in [4.69, 9.17) is 16.3 Å². The van der Waals surface area contributed by atoms with Gasteiger partial charge in [-0.2, -0.15) is 0 Å². The lowest BCUT2D eigenvalue weighted by atomic mass is 10.2. The highest BCUT2D eigenvalue weighted by atomic mass is 35.5. The third-order valence-corrected chi connectivity index (χ3v) is 4.50. The minimum Gasteiger partial charge on any atom is -0.465 e. The fourth-order valence-corrected chi connectivity index (χ4v) is 3.10. The number of nitro benzene ring substituents is 1. The standard InChI is InChI=1S/C19H16ClN3O6/c1-2-29-17(24)11-21-16-8-5-13(20)9-15(16)18(25)22(19(21)26)10-12-3-6-14(7-4-12)23(27)28/h3-9H,2,10-11H2,1H3. The van der Waals surface area contributed by atoms with Gasteiger partial charge in [0.1, 0.15) is 6.54 Å². The number of nitro groups is 1. The van der Waals surface area contributed by atoms with Crippen molar-refractivity contribution in [3.63, 3.8) is 0 Å². The number of esters is 1. The zero-order valence-electron chi connectivity index (χ0n) is 15.3. The van der Waals surface area contributed by atoms with Gasteiger partial charge in [-0.1, -0.05) is 23.7 Å². The lowest BCUT2D eigenvalue weighted by Gasteiger charge is -2.14.